The van der Waals surface area contributed by atoms with Crippen molar-refractivity contribution in [2.45, 2.75) is 40.3 Å². The smallest absolute Gasteiger partial charge is 0.226 e. The van der Waals surface area contributed by atoms with Crippen molar-refractivity contribution in [3.8, 4) is 17.2 Å². The zero-order valence-corrected chi connectivity index (χ0v) is 17.3. The summed E-state index contributed by atoms with van der Waals surface area (Å²) in [6.07, 6.45) is 0. The number of halogens is 1. The van der Waals surface area contributed by atoms with E-state index in [9.17, 15) is 4.39 Å². The first kappa shape index (κ1) is 19.5. The standard InChI is InChI=1S/C20H24FN3O2S/c1-11(19-13(3)27-14(4)22-19)24(5)10-17-12(2)26-20(23-17)15-7-8-16(21)18(9-15)25-6/h7-9,11H,10H2,1-6H3/t11-/m1/s1. The van der Waals surface area contributed by atoms with Crippen molar-refractivity contribution >= 4 is 11.3 Å². The summed E-state index contributed by atoms with van der Waals surface area (Å²) < 4.78 is 24.5. The Balaban J connectivity index is 1.81. The van der Waals surface area contributed by atoms with Gasteiger partial charge in [-0.15, -0.1) is 11.3 Å². The second kappa shape index (κ2) is 7.78. The number of thiazole rings is 1. The number of oxazole rings is 1. The van der Waals surface area contributed by atoms with Crippen molar-refractivity contribution in [3.05, 3.63) is 51.0 Å². The fourth-order valence-electron chi connectivity index (χ4n) is 3.01. The Kier molecular flexibility index (Phi) is 5.62. The molecule has 0 fully saturated rings. The summed E-state index contributed by atoms with van der Waals surface area (Å²) in [6.45, 7) is 8.79. The van der Waals surface area contributed by atoms with Gasteiger partial charge in [-0.2, -0.15) is 0 Å². The van der Waals surface area contributed by atoms with Crippen LogP contribution in [0.25, 0.3) is 11.5 Å². The van der Waals surface area contributed by atoms with Crippen LogP contribution in [0.4, 0.5) is 4.39 Å². The highest BCUT2D eigenvalue weighted by molar-refractivity contribution is 7.11. The molecule has 2 aromatic heterocycles. The molecule has 2 heterocycles. The number of hydrogen-bond acceptors (Lipinski definition) is 6. The molecule has 0 aliphatic carbocycles. The van der Waals surface area contributed by atoms with Crippen LogP contribution in [-0.4, -0.2) is 29.0 Å². The lowest BCUT2D eigenvalue weighted by Gasteiger charge is -2.23. The predicted octanol–water partition coefficient (Wildman–Crippen LogP) is 5.06. The molecule has 0 saturated carbocycles. The first-order valence-electron chi connectivity index (χ1n) is 8.74. The van der Waals surface area contributed by atoms with Crippen molar-refractivity contribution in [2.24, 2.45) is 0 Å². The highest BCUT2D eigenvalue weighted by Crippen LogP contribution is 2.30. The molecule has 1 atom stereocenters. The number of nitrogens with zero attached hydrogens (tertiary/aromatic N) is 3. The molecule has 0 unspecified atom stereocenters. The van der Waals surface area contributed by atoms with Crippen molar-refractivity contribution in [2.75, 3.05) is 14.2 Å². The molecule has 144 valence electrons. The van der Waals surface area contributed by atoms with Crippen molar-refractivity contribution in [1.29, 1.82) is 0 Å². The fourth-order valence-corrected chi connectivity index (χ4v) is 3.91. The minimum absolute atomic E-state index is 0.167. The van der Waals surface area contributed by atoms with Crippen LogP contribution in [0.3, 0.4) is 0 Å². The van der Waals surface area contributed by atoms with E-state index in [2.05, 4.69) is 28.7 Å². The van der Waals surface area contributed by atoms with E-state index in [0.717, 1.165) is 22.2 Å². The number of hydrogen-bond donors (Lipinski definition) is 0. The van der Waals surface area contributed by atoms with Crippen molar-refractivity contribution in [3.63, 3.8) is 0 Å². The van der Waals surface area contributed by atoms with Gasteiger partial charge >= 0.3 is 0 Å². The summed E-state index contributed by atoms with van der Waals surface area (Å²) >= 11 is 1.72. The molecule has 0 aliphatic heterocycles. The van der Waals surface area contributed by atoms with E-state index in [1.807, 2.05) is 20.9 Å². The predicted molar refractivity (Wildman–Crippen MR) is 105 cm³/mol. The third kappa shape index (κ3) is 4.04. The molecule has 0 bridgehead atoms. The Morgan fingerprint density at radius 3 is 2.63 bits per heavy atom. The Morgan fingerprint density at radius 1 is 1.26 bits per heavy atom. The zero-order valence-electron chi connectivity index (χ0n) is 16.5. The second-order valence-corrected chi connectivity index (χ2v) is 8.04. The van der Waals surface area contributed by atoms with Crippen molar-refractivity contribution in [1.82, 2.24) is 14.9 Å². The molecule has 27 heavy (non-hydrogen) atoms. The summed E-state index contributed by atoms with van der Waals surface area (Å²) in [5, 5.41) is 1.08. The second-order valence-electron chi connectivity index (χ2n) is 6.64. The first-order valence-corrected chi connectivity index (χ1v) is 9.56. The summed E-state index contributed by atoms with van der Waals surface area (Å²) in [5.74, 6) is 0.971. The Bertz CT molecular complexity index is 951. The lowest BCUT2D eigenvalue weighted by molar-refractivity contribution is 0.245. The maximum absolute atomic E-state index is 13.6. The lowest BCUT2D eigenvalue weighted by Crippen LogP contribution is -2.23. The topological polar surface area (TPSA) is 51.4 Å². The number of rotatable bonds is 6. The van der Waals surface area contributed by atoms with E-state index in [0.29, 0.717) is 18.0 Å². The number of benzene rings is 1. The van der Waals surface area contributed by atoms with Gasteiger partial charge in [-0.3, -0.25) is 4.90 Å². The fraction of sp³-hybridized carbons (Fsp3) is 0.400. The molecule has 0 spiro atoms. The molecule has 0 saturated heterocycles. The third-order valence-electron chi connectivity index (χ3n) is 4.69. The van der Waals surface area contributed by atoms with E-state index in [1.165, 1.54) is 18.1 Å². The zero-order chi connectivity index (χ0) is 19.7. The number of aryl methyl sites for hydroxylation is 3. The number of aromatic nitrogens is 2. The maximum atomic E-state index is 13.6. The van der Waals surface area contributed by atoms with Crippen LogP contribution in [0, 0.1) is 26.6 Å². The normalized spacial score (nSPS) is 12.6. The maximum Gasteiger partial charge on any atom is 0.226 e. The first-order chi connectivity index (χ1) is 12.8. The highest BCUT2D eigenvalue weighted by Gasteiger charge is 2.21. The largest absolute Gasteiger partial charge is 0.494 e. The van der Waals surface area contributed by atoms with E-state index in [-0.39, 0.29) is 11.8 Å². The van der Waals surface area contributed by atoms with Gasteiger partial charge < -0.3 is 9.15 Å². The summed E-state index contributed by atoms with van der Waals surface area (Å²) in [5.41, 5.74) is 2.64. The summed E-state index contributed by atoms with van der Waals surface area (Å²) in [6, 6.07) is 4.76. The molecule has 1 aromatic carbocycles. The summed E-state index contributed by atoms with van der Waals surface area (Å²) in [7, 11) is 3.49. The number of ether oxygens (including phenoxy) is 1. The monoisotopic (exact) mass is 389 g/mol. The van der Waals surface area contributed by atoms with Gasteiger partial charge in [0, 0.05) is 17.0 Å². The SMILES string of the molecule is COc1cc(-c2nc(CN(C)[C@H](C)c3nc(C)sc3C)c(C)o2)ccc1F. The Morgan fingerprint density at radius 2 is 2.00 bits per heavy atom. The molecule has 0 aliphatic rings. The number of methoxy groups -OCH3 is 1. The van der Waals surface area contributed by atoms with Crippen LogP contribution < -0.4 is 4.74 Å². The van der Waals surface area contributed by atoms with Crippen LogP contribution in [0.5, 0.6) is 5.75 Å². The Hall–Kier alpha value is -2.25. The van der Waals surface area contributed by atoms with Gasteiger partial charge in [0.25, 0.3) is 0 Å². The van der Waals surface area contributed by atoms with E-state index in [1.54, 1.807) is 23.5 Å². The van der Waals surface area contributed by atoms with Gasteiger partial charge in [0.05, 0.1) is 29.5 Å². The van der Waals surface area contributed by atoms with Gasteiger partial charge in [-0.1, -0.05) is 0 Å². The minimum atomic E-state index is -0.410. The summed E-state index contributed by atoms with van der Waals surface area (Å²) in [4.78, 5) is 12.7. The molecule has 0 radical (unpaired) electrons. The molecule has 0 N–H and O–H groups in total. The minimum Gasteiger partial charge on any atom is -0.494 e. The van der Waals surface area contributed by atoms with Gasteiger partial charge in [0.2, 0.25) is 5.89 Å². The molecular weight excluding hydrogens is 365 g/mol. The molecule has 7 heteroatoms. The van der Waals surface area contributed by atoms with E-state index in [4.69, 9.17) is 9.15 Å². The van der Waals surface area contributed by atoms with Gasteiger partial charge in [0.15, 0.2) is 11.6 Å². The van der Waals surface area contributed by atoms with Crippen LogP contribution in [0.2, 0.25) is 0 Å². The average Bonchev–Trinajstić information content (AvgIpc) is 3.16. The molecule has 3 aromatic rings. The lowest BCUT2D eigenvalue weighted by atomic mass is 10.2. The quantitative estimate of drug-likeness (QED) is 0.589. The van der Waals surface area contributed by atoms with E-state index >= 15 is 0 Å². The Labute approximate surface area is 162 Å². The third-order valence-corrected chi connectivity index (χ3v) is 5.59. The van der Waals surface area contributed by atoms with Crippen LogP contribution in [0.1, 0.15) is 40.0 Å². The molecule has 5 nitrogen and oxygen atoms in total. The van der Waals surface area contributed by atoms with Gasteiger partial charge in [-0.05, 0) is 52.9 Å². The molecule has 0 amide bonds. The van der Waals surface area contributed by atoms with Crippen LogP contribution >= 0.6 is 11.3 Å². The van der Waals surface area contributed by atoms with Crippen LogP contribution in [-0.2, 0) is 6.54 Å². The molecular formula is C20H24FN3O2S. The van der Waals surface area contributed by atoms with Gasteiger partial charge in [0.1, 0.15) is 5.76 Å². The highest BCUT2D eigenvalue weighted by atomic mass is 32.1. The van der Waals surface area contributed by atoms with E-state index < -0.39 is 5.82 Å². The molecule has 3 rings (SSSR count). The average molecular weight is 389 g/mol. The van der Waals surface area contributed by atoms with Crippen molar-refractivity contribution < 1.29 is 13.5 Å². The van der Waals surface area contributed by atoms with Gasteiger partial charge in [-0.25, -0.2) is 14.4 Å². The van der Waals surface area contributed by atoms with Crippen LogP contribution in [0.15, 0.2) is 22.6 Å².